The van der Waals surface area contributed by atoms with Gasteiger partial charge in [0.25, 0.3) is 0 Å². The third-order valence-electron chi connectivity index (χ3n) is 2.66. The van der Waals surface area contributed by atoms with Crippen molar-refractivity contribution >= 4 is 11.9 Å². The molecule has 2 aliphatic rings. The summed E-state index contributed by atoms with van der Waals surface area (Å²) >= 11 is 0. The van der Waals surface area contributed by atoms with Crippen LogP contribution in [0.5, 0.6) is 0 Å². The molecule has 0 aromatic heterocycles. The highest BCUT2D eigenvalue weighted by Crippen LogP contribution is 2.32. The van der Waals surface area contributed by atoms with Gasteiger partial charge in [-0.3, -0.25) is 4.79 Å². The Morgan fingerprint density at radius 1 is 1.64 bits per heavy atom. The summed E-state index contributed by atoms with van der Waals surface area (Å²) in [5.41, 5.74) is 2.11. The maximum atomic E-state index is 11.1. The minimum Gasteiger partial charge on any atom is -0.478 e. The smallest absolute Gasteiger partial charge is 0.331 e. The molecule has 1 atom stereocenters. The van der Waals surface area contributed by atoms with Crippen LogP contribution in [0.3, 0.4) is 0 Å². The monoisotopic (exact) mass is 193 g/mol. The van der Waals surface area contributed by atoms with E-state index in [0.29, 0.717) is 24.1 Å². The van der Waals surface area contributed by atoms with Gasteiger partial charge in [-0.15, -0.1) is 0 Å². The van der Waals surface area contributed by atoms with Gasteiger partial charge in [-0.05, 0) is 24.0 Å². The van der Waals surface area contributed by atoms with Gasteiger partial charge in [-0.1, -0.05) is 6.92 Å². The molecule has 0 aromatic carbocycles. The van der Waals surface area contributed by atoms with Gasteiger partial charge in [-0.2, -0.15) is 0 Å². The molecule has 1 aliphatic heterocycles. The lowest BCUT2D eigenvalue weighted by atomic mass is 9.87. The molecule has 74 valence electrons. The molecule has 2 N–H and O–H groups in total. The lowest BCUT2D eigenvalue weighted by Crippen LogP contribution is -2.18. The maximum Gasteiger partial charge on any atom is 0.331 e. The molecule has 0 radical (unpaired) electrons. The van der Waals surface area contributed by atoms with Crippen molar-refractivity contribution < 1.29 is 14.7 Å². The van der Waals surface area contributed by atoms with Crippen LogP contribution in [0.25, 0.3) is 0 Å². The van der Waals surface area contributed by atoms with Gasteiger partial charge in [0.05, 0.1) is 6.42 Å². The molecule has 1 amide bonds. The number of hydrogen-bond donors (Lipinski definition) is 2. The zero-order valence-corrected chi connectivity index (χ0v) is 7.83. The van der Waals surface area contributed by atoms with E-state index in [0.717, 1.165) is 5.57 Å². The lowest BCUT2D eigenvalue weighted by Gasteiger charge is -2.18. The molecule has 0 aromatic rings. The van der Waals surface area contributed by atoms with Crippen LogP contribution in [0.2, 0.25) is 0 Å². The summed E-state index contributed by atoms with van der Waals surface area (Å²) in [6.45, 7) is 1.87. The maximum absolute atomic E-state index is 11.1. The van der Waals surface area contributed by atoms with E-state index in [4.69, 9.17) is 5.11 Å². The fourth-order valence-corrected chi connectivity index (χ4v) is 1.94. The summed E-state index contributed by atoms with van der Waals surface area (Å²) in [6.07, 6.45) is 2.67. The summed E-state index contributed by atoms with van der Waals surface area (Å²) < 4.78 is 0. The minimum absolute atomic E-state index is 0.000972. The van der Waals surface area contributed by atoms with Crippen LogP contribution in [0, 0.1) is 5.92 Å². The second-order valence-electron chi connectivity index (χ2n) is 3.75. The molecule has 0 spiro atoms. The van der Waals surface area contributed by atoms with Crippen molar-refractivity contribution in [3.63, 3.8) is 0 Å². The van der Waals surface area contributed by atoms with Gasteiger partial charge in [-0.25, -0.2) is 4.79 Å². The number of carbonyl (C=O) groups is 2. The van der Waals surface area contributed by atoms with Crippen LogP contribution < -0.4 is 5.32 Å². The van der Waals surface area contributed by atoms with Crippen molar-refractivity contribution in [1.29, 1.82) is 0 Å². The molecule has 2 rings (SSSR count). The number of rotatable bonds is 1. The van der Waals surface area contributed by atoms with Crippen LogP contribution in [-0.2, 0) is 9.59 Å². The molecule has 0 fully saturated rings. The molecular weight excluding hydrogens is 182 g/mol. The van der Waals surface area contributed by atoms with Crippen LogP contribution in [0.4, 0.5) is 0 Å². The number of aliphatic carboxylic acids is 1. The Labute approximate surface area is 81.3 Å². The summed E-state index contributed by atoms with van der Waals surface area (Å²) in [4.78, 5) is 21.9. The summed E-state index contributed by atoms with van der Waals surface area (Å²) in [6, 6.07) is 0. The van der Waals surface area contributed by atoms with Crippen molar-refractivity contribution in [3.8, 4) is 0 Å². The minimum atomic E-state index is -0.898. The summed E-state index contributed by atoms with van der Waals surface area (Å²) in [5.74, 6) is -0.936. The molecule has 4 nitrogen and oxygen atoms in total. The normalized spacial score (nSPS) is 25.6. The Bertz CT molecular complexity index is 379. The van der Waals surface area contributed by atoms with Crippen molar-refractivity contribution in [2.45, 2.75) is 19.8 Å². The van der Waals surface area contributed by atoms with Gasteiger partial charge in [0.2, 0.25) is 5.91 Å². The average Bonchev–Trinajstić information content (AvgIpc) is 2.42. The zero-order valence-electron chi connectivity index (χ0n) is 7.83. The Balaban J connectivity index is 2.34. The highest BCUT2D eigenvalue weighted by Gasteiger charge is 2.29. The van der Waals surface area contributed by atoms with E-state index in [-0.39, 0.29) is 11.8 Å². The molecular formula is C10H11NO3. The van der Waals surface area contributed by atoms with Crippen molar-refractivity contribution in [2.75, 3.05) is 0 Å². The summed E-state index contributed by atoms with van der Waals surface area (Å²) in [5, 5.41) is 11.6. The largest absolute Gasteiger partial charge is 0.478 e. The second-order valence-corrected chi connectivity index (χ2v) is 3.75. The first-order valence-electron chi connectivity index (χ1n) is 4.54. The second kappa shape index (κ2) is 2.97. The van der Waals surface area contributed by atoms with Crippen LogP contribution in [0.1, 0.15) is 19.8 Å². The van der Waals surface area contributed by atoms with Crippen LogP contribution in [-0.4, -0.2) is 17.0 Å². The van der Waals surface area contributed by atoms with Gasteiger partial charge in [0, 0.05) is 11.3 Å². The Morgan fingerprint density at radius 3 is 3.00 bits per heavy atom. The molecule has 1 aliphatic carbocycles. The van der Waals surface area contributed by atoms with Gasteiger partial charge < -0.3 is 10.4 Å². The first-order chi connectivity index (χ1) is 6.58. The molecule has 1 unspecified atom stereocenters. The van der Waals surface area contributed by atoms with E-state index in [2.05, 4.69) is 5.32 Å². The Kier molecular flexibility index (Phi) is 1.91. The molecule has 4 heteroatoms. The number of carboxylic acids is 1. The van der Waals surface area contributed by atoms with E-state index in [1.165, 1.54) is 0 Å². The topological polar surface area (TPSA) is 66.4 Å². The predicted octanol–water partition coefficient (Wildman–Crippen LogP) is 0.811. The van der Waals surface area contributed by atoms with Gasteiger partial charge >= 0.3 is 5.97 Å². The molecule has 14 heavy (non-hydrogen) atoms. The van der Waals surface area contributed by atoms with Crippen molar-refractivity contribution in [3.05, 3.63) is 22.9 Å². The van der Waals surface area contributed by atoms with Crippen molar-refractivity contribution in [1.82, 2.24) is 5.32 Å². The predicted molar refractivity (Wildman–Crippen MR) is 49.3 cm³/mol. The molecule has 1 heterocycles. The highest BCUT2D eigenvalue weighted by molar-refractivity contribution is 5.91. The SMILES string of the molecule is CC1CC2=C(C=C1C(=O)O)NC(=O)C2. The van der Waals surface area contributed by atoms with Crippen LogP contribution in [0.15, 0.2) is 22.9 Å². The number of amides is 1. The zero-order chi connectivity index (χ0) is 10.3. The van der Waals surface area contributed by atoms with E-state index >= 15 is 0 Å². The van der Waals surface area contributed by atoms with E-state index in [1.807, 2.05) is 6.92 Å². The number of carboxylic acid groups (broad SMARTS) is 1. The fourth-order valence-electron chi connectivity index (χ4n) is 1.94. The quantitative estimate of drug-likeness (QED) is 0.647. The van der Waals surface area contributed by atoms with E-state index < -0.39 is 5.97 Å². The van der Waals surface area contributed by atoms with Gasteiger partial charge in [0.15, 0.2) is 0 Å². The Hall–Kier alpha value is -1.58. The third kappa shape index (κ3) is 1.32. The number of carbonyl (C=O) groups excluding carboxylic acids is 1. The first-order valence-corrected chi connectivity index (χ1v) is 4.54. The van der Waals surface area contributed by atoms with Crippen LogP contribution >= 0.6 is 0 Å². The highest BCUT2D eigenvalue weighted by atomic mass is 16.4. The third-order valence-corrected chi connectivity index (χ3v) is 2.66. The van der Waals surface area contributed by atoms with E-state index in [1.54, 1.807) is 6.08 Å². The van der Waals surface area contributed by atoms with Gasteiger partial charge in [0.1, 0.15) is 0 Å². The van der Waals surface area contributed by atoms with E-state index in [9.17, 15) is 9.59 Å². The first kappa shape index (κ1) is 8.99. The number of allylic oxidation sites excluding steroid dienone is 1. The number of nitrogens with one attached hydrogen (secondary N) is 1. The average molecular weight is 193 g/mol. The fraction of sp³-hybridized carbons (Fsp3) is 0.400. The molecule has 0 bridgehead atoms. The standard InChI is InChI=1S/C10H11NO3/c1-5-2-6-3-9(12)11-8(6)4-7(5)10(13)14/h4-5H,2-3H2,1H3,(H,11,12)(H,13,14). The Morgan fingerprint density at radius 2 is 2.36 bits per heavy atom. The lowest BCUT2D eigenvalue weighted by molar-refractivity contribution is -0.133. The number of hydrogen-bond acceptors (Lipinski definition) is 2. The molecule has 0 saturated carbocycles. The summed E-state index contributed by atoms with van der Waals surface area (Å²) in [7, 11) is 0. The van der Waals surface area contributed by atoms with Crippen molar-refractivity contribution in [2.24, 2.45) is 5.92 Å². The molecule has 0 saturated heterocycles.